The van der Waals surface area contributed by atoms with Crippen molar-refractivity contribution >= 4 is 32.8 Å². The summed E-state index contributed by atoms with van der Waals surface area (Å²) in [5.74, 6) is -1.37. The van der Waals surface area contributed by atoms with Crippen LogP contribution in [0.5, 0.6) is 0 Å². The molecule has 0 aliphatic carbocycles. The molecular weight excluding hydrogens is 303 g/mol. The number of aromatic nitrogens is 1. The molecule has 0 fully saturated rings. The molecule has 1 heterocycles. The van der Waals surface area contributed by atoms with E-state index in [1.807, 2.05) is 0 Å². The lowest BCUT2D eigenvalue weighted by Crippen LogP contribution is -2.15. The van der Waals surface area contributed by atoms with E-state index in [4.69, 9.17) is 0 Å². The number of sulfone groups is 1. The molecule has 0 saturated heterocycles. The first-order valence-corrected chi connectivity index (χ1v) is 8.51. The van der Waals surface area contributed by atoms with Crippen LogP contribution in [0.4, 0.5) is 10.1 Å². The summed E-state index contributed by atoms with van der Waals surface area (Å²) in [6, 6.07) is 3.58. The molecule has 1 N–H and O–H groups in total. The van der Waals surface area contributed by atoms with Crippen LogP contribution in [0.1, 0.15) is 16.1 Å². The maximum Gasteiger partial charge on any atom is 0.275 e. The molecule has 1 aromatic heterocycles. The van der Waals surface area contributed by atoms with E-state index in [0.717, 1.165) is 18.4 Å². The zero-order chi connectivity index (χ0) is 14.8. The van der Waals surface area contributed by atoms with E-state index < -0.39 is 21.6 Å². The number of hydrogen-bond acceptors (Lipinski definition) is 5. The van der Waals surface area contributed by atoms with Crippen molar-refractivity contribution in [3.8, 4) is 0 Å². The Labute approximate surface area is 119 Å². The smallest absolute Gasteiger partial charge is 0.275 e. The number of amides is 1. The second-order valence-corrected chi connectivity index (χ2v) is 7.06. The Morgan fingerprint density at radius 3 is 2.80 bits per heavy atom. The quantitative estimate of drug-likeness (QED) is 0.937. The number of carbonyl (C=O) groups excluding carboxylic acids is 1. The van der Waals surface area contributed by atoms with Crippen LogP contribution in [-0.4, -0.2) is 25.6 Å². The van der Waals surface area contributed by atoms with Gasteiger partial charge in [0, 0.05) is 17.3 Å². The van der Waals surface area contributed by atoms with Gasteiger partial charge in [-0.25, -0.2) is 17.8 Å². The number of thiazole rings is 1. The van der Waals surface area contributed by atoms with Crippen molar-refractivity contribution in [2.24, 2.45) is 0 Å². The summed E-state index contributed by atoms with van der Waals surface area (Å²) >= 11 is 1.27. The van der Waals surface area contributed by atoms with E-state index in [2.05, 4.69) is 10.3 Å². The Bertz CT molecular complexity index is 727. The Kier molecular flexibility index (Phi) is 4.15. The van der Waals surface area contributed by atoms with Gasteiger partial charge >= 0.3 is 0 Å². The minimum absolute atomic E-state index is 0.205. The first-order valence-electron chi connectivity index (χ1n) is 5.51. The molecule has 0 aliphatic rings. The summed E-state index contributed by atoms with van der Waals surface area (Å²) in [7, 11) is -3.34. The fourth-order valence-corrected chi connectivity index (χ4v) is 2.93. The van der Waals surface area contributed by atoms with Gasteiger partial charge in [-0.3, -0.25) is 4.79 Å². The molecule has 0 spiro atoms. The highest BCUT2D eigenvalue weighted by atomic mass is 32.2. The van der Waals surface area contributed by atoms with Gasteiger partial charge in [0.2, 0.25) is 0 Å². The number of benzene rings is 1. The number of carbonyl (C=O) groups is 1. The second-order valence-electron chi connectivity index (χ2n) is 4.20. The molecule has 20 heavy (non-hydrogen) atoms. The highest BCUT2D eigenvalue weighted by Crippen LogP contribution is 2.20. The third kappa shape index (κ3) is 3.84. The number of nitrogens with one attached hydrogen (secondary N) is 1. The average molecular weight is 314 g/mol. The lowest BCUT2D eigenvalue weighted by molar-refractivity contribution is 0.102. The zero-order valence-electron chi connectivity index (χ0n) is 10.5. The van der Waals surface area contributed by atoms with E-state index >= 15 is 0 Å². The van der Waals surface area contributed by atoms with E-state index in [9.17, 15) is 17.6 Å². The molecular formula is C12H11FN2O3S2. The molecule has 2 aromatic rings. The minimum Gasteiger partial charge on any atom is -0.320 e. The molecule has 0 saturated carbocycles. The third-order valence-electron chi connectivity index (χ3n) is 2.40. The molecule has 2 rings (SSSR count). The monoisotopic (exact) mass is 314 g/mol. The lowest BCUT2D eigenvalue weighted by atomic mass is 10.2. The fourth-order valence-electron chi connectivity index (χ4n) is 1.60. The predicted octanol–water partition coefficient (Wildman–Crippen LogP) is 2.08. The van der Waals surface area contributed by atoms with E-state index in [-0.39, 0.29) is 22.7 Å². The Balaban J connectivity index is 2.29. The van der Waals surface area contributed by atoms with Crippen LogP contribution in [0.3, 0.4) is 0 Å². The molecule has 1 aromatic carbocycles. The predicted molar refractivity (Wildman–Crippen MR) is 75.0 cm³/mol. The standard InChI is InChI=1S/C12H11FN2O3S2/c1-20(17,18)6-8-4-9(13)2-3-10(8)15-12(16)11-5-19-7-14-11/h2-5,7H,6H2,1H3,(H,15,16). The summed E-state index contributed by atoms with van der Waals surface area (Å²) in [6.07, 6.45) is 1.05. The van der Waals surface area contributed by atoms with Gasteiger partial charge in [0.15, 0.2) is 9.84 Å². The first kappa shape index (κ1) is 14.6. The topological polar surface area (TPSA) is 76.1 Å². The van der Waals surface area contributed by atoms with Crippen molar-refractivity contribution in [2.75, 3.05) is 11.6 Å². The van der Waals surface area contributed by atoms with Crippen LogP contribution in [0.15, 0.2) is 29.1 Å². The van der Waals surface area contributed by atoms with Gasteiger partial charge in [-0.05, 0) is 23.8 Å². The molecule has 5 nitrogen and oxygen atoms in total. The van der Waals surface area contributed by atoms with Gasteiger partial charge in [0.1, 0.15) is 11.5 Å². The van der Waals surface area contributed by atoms with Crippen molar-refractivity contribution in [3.05, 3.63) is 46.2 Å². The maximum absolute atomic E-state index is 13.2. The average Bonchev–Trinajstić information content (AvgIpc) is 2.84. The van der Waals surface area contributed by atoms with Crippen LogP contribution >= 0.6 is 11.3 Å². The van der Waals surface area contributed by atoms with Gasteiger partial charge in [-0.2, -0.15) is 0 Å². The zero-order valence-corrected chi connectivity index (χ0v) is 12.1. The first-order chi connectivity index (χ1) is 9.35. The summed E-state index contributed by atoms with van der Waals surface area (Å²) in [5.41, 5.74) is 2.20. The Hall–Kier alpha value is -1.80. The van der Waals surface area contributed by atoms with Crippen molar-refractivity contribution in [1.29, 1.82) is 0 Å². The number of nitrogens with zero attached hydrogens (tertiary/aromatic N) is 1. The lowest BCUT2D eigenvalue weighted by Gasteiger charge is -2.10. The van der Waals surface area contributed by atoms with Crippen LogP contribution in [0, 0.1) is 5.82 Å². The normalized spacial score (nSPS) is 11.3. The largest absolute Gasteiger partial charge is 0.320 e. The summed E-state index contributed by atoms with van der Waals surface area (Å²) in [6.45, 7) is 0. The van der Waals surface area contributed by atoms with Gasteiger partial charge in [-0.1, -0.05) is 0 Å². The van der Waals surface area contributed by atoms with Crippen LogP contribution in [-0.2, 0) is 15.6 Å². The van der Waals surface area contributed by atoms with Crippen LogP contribution in [0.2, 0.25) is 0 Å². The molecule has 0 aliphatic heterocycles. The maximum atomic E-state index is 13.2. The highest BCUT2D eigenvalue weighted by molar-refractivity contribution is 7.89. The van der Waals surface area contributed by atoms with E-state index in [1.165, 1.54) is 22.9 Å². The van der Waals surface area contributed by atoms with Crippen LogP contribution in [0.25, 0.3) is 0 Å². The van der Waals surface area contributed by atoms with Gasteiger partial charge in [0.25, 0.3) is 5.91 Å². The number of anilines is 1. The minimum atomic E-state index is -3.34. The number of rotatable bonds is 4. The molecule has 0 radical (unpaired) electrons. The van der Waals surface area contributed by atoms with Crippen molar-refractivity contribution in [2.45, 2.75) is 5.75 Å². The molecule has 8 heteroatoms. The third-order valence-corrected chi connectivity index (χ3v) is 3.82. The number of halogens is 1. The van der Waals surface area contributed by atoms with Gasteiger partial charge in [-0.15, -0.1) is 11.3 Å². The van der Waals surface area contributed by atoms with Gasteiger partial charge in [0.05, 0.1) is 11.3 Å². The summed E-state index contributed by atoms with van der Waals surface area (Å²) < 4.78 is 35.9. The summed E-state index contributed by atoms with van der Waals surface area (Å²) in [4.78, 5) is 15.7. The molecule has 106 valence electrons. The number of hydrogen-bond donors (Lipinski definition) is 1. The molecule has 0 bridgehead atoms. The van der Waals surface area contributed by atoms with Crippen LogP contribution < -0.4 is 5.32 Å². The molecule has 0 atom stereocenters. The Morgan fingerprint density at radius 1 is 1.45 bits per heavy atom. The SMILES string of the molecule is CS(=O)(=O)Cc1cc(F)ccc1NC(=O)c1cscn1. The second kappa shape index (κ2) is 5.68. The molecule has 1 amide bonds. The fraction of sp³-hybridized carbons (Fsp3) is 0.167. The van der Waals surface area contributed by atoms with Crippen molar-refractivity contribution < 1.29 is 17.6 Å². The van der Waals surface area contributed by atoms with Crippen molar-refractivity contribution in [3.63, 3.8) is 0 Å². The Morgan fingerprint density at radius 2 is 2.20 bits per heavy atom. The van der Waals surface area contributed by atoms with Crippen molar-refractivity contribution in [1.82, 2.24) is 4.98 Å². The summed E-state index contributed by atoms with van der Waals surface area (Å²) in [5, 5.41) is 4.10. The van der Waals surface area contributed by atoms with E-state index in [1.54, 1.807) is 5.38 Å². The molecule has 0 unspecified atom stereocenters. The highest BCUT2D eigenvalue weighted by Gasteiger charge is 2.14. The van der Waals surface area contributed by atoms with Gasteiger partial charge < -0.3 is 5.32 Å². The van der Waals surface area contributed by atoms with E-state index in [0.29, 0.717) is 0 Å².